The molecule has 16 heavy (non-hydrogen) atoms. The number of rotatable bonds is 1. The number of halogens is 1. The molecule has 0 unspecified atom stereocenters. The van der Waals surface area contributed by atoms with Gasteiger partial charge in [-0.15, -0.1) is 0 Å². The van der Waals surface area contributed by atoms with Crippen LogP contribution in [0.2, 0.25) is 0 Å². The molecule has 2 aromatic rings. The van der Waals surface area contributed by atoms with Gasteiger partial charge in [0.25, 0.3) is 0 Å². The van der Waals surface area contributed by atoms with Crippen LogP contribution in [0, 0.1) is 0 Å². The predicted octanol–water partition coefficient (Wildman–Crippen LogP) is 4.37. The molecule has 0 saturated heterocycles. The topological polar surface area (TPSA) is 28.7 Å². The maximum atomic E-state index is 4.37. The minimum Gasteiger partial charge on any atom is -0.334 e. The normalized spacial score (nSPS) is 18.1. The van der Waals surface area contributed by atoms with Gasteiger partial charge in [0.05, 0.1) is 4.60 Å². The van der Waals surface area contributed by atoms with E-state index in [1.54, 1.807) is 0 Å². The van der Waals surface area contributed by atoms with Gasteiger partial charge in [0.15, 0.2) is 0 Å². The van der Waals surface area contributed by atoms with Gasteiger partial charge in [-0.25, -0.2) is 4.98 Å². The minimum absolute atomic E-state index is 0.709. The molecule has 0 aliphatic heterocycles. The van der Waals surface area contributed by atoms with E-state index in [0.717, 1.165) is 10.3 Å². The van der Waals surface area contributed by atoms with Crippen molar-refractivity contribution in [2.24, 2.45) is 0 Å². The van der Waals surface area contributed by atoms with Crippen molar-refractivity contribution in [1.29, 1.82) is 0 Å². The molecule has 2 aromatic heterocycles. The van der Waals surface area contributed by atoms with Crippen molar-refractivity contribution < 1.29 is 0 Å². The first kappa shape index (κ1) is 10.3. The van der Waals surface area contributed by atoms with Gasteiger partial charge in [-0.2, -0.15) is 0 Å². The molecule has 0 aromatic carbocycles. The van der Waals surface area contributed by atoms with Gasteiger partial charge in [0, 0.05) is 11.6 Å². The van der Waals surface area contributed by atoms with Gasteiger partial charge in [0.1, 0.15) is 5.65 Å². The fourth-order valence-corrected chi connectivity index (χ4v) is 3.53. The number of H-pyrrole nitrogens is 1. The summed E-state index contributed by atoms with van der Waals surface area (Å²) >= 11 is 3.65. The third kappa shape index (κ3) is 1.67. The van der Waals surface area contributed by atoms with E-state index in [1.807, 2.05) is 12.3 Å². The molecule has 0 spiro atoms. The van der Waals surface area contributed by atoms with E-state index in [2.05, 4.69) is 32.0 Å². The lowest BCUT2D eigenvalue weighted by Gasteiger charge is -2.21. The van der Waals surface area contributed by atoms with Crippen molar-refractivity contribution >= 4 is 27.0 Å². The third-order valence-corrected chi connectivity index (χ3v) is 4.20. The van der Waals surface area contributed by atoms with E-state index in [9.17, 15) is 0 Å². The van der Waals surface area contributed by atoms with E-state index in [0.29, 0.717) is 5.92 Å². The van der Waals surface area contributed by atoms with Crippen LogP contribution in [0.4, 0.5) is 0 Å². The summed E-state index contributed by atoms with van der Waals surface area (Å²) in [5.74, 6) is 0.709. The molecule has 3 heteroatoms. The second-order valence-corrected chi connectivity index (χ2v) is 5.38. The highest BCUT2D eigenvalue weighted by Crippen LogP contribution is 2.39. The molecule has 1 N–H and O–H groups in total. The fraction of sp³-hybridized carbons (Fsp3) is 0.462. The van der Waals surface area contributed by atoms with Crippen LogP contribution in [0.15, 0.2) is 22.9 Å². The van der Waals surface area contributed by atoms with E-state index in [1.165, 1.54) is 43.1 Å². The van der Waals surface area contributed by atoms with Crippen molar-refractivity contribution in [3.8, 4) is 0 Å². The predicted molar refractivity (Wildman–Crippen MR) is 69.6 cm³/mol. The van der Waals surface area contributed by atoms with Gasteiger partial charge >= 0.3 is 0 Å². The lowest BCUT2D eigenvalue weighted by atomic mass is 9.84. The average molecular weight is 279 g/mol. The van der Waals surface area contributed by atoms with Crippen LogP contribution < -0.4 is 0 Å². The van der Waals surface area contributed by atoms with Crippen molar-refractivity contribution in [1.82, 2.24) is 9.97 Å². The molecule has 1 saturated carbocycles. The Morgan fingerprint density at radius 1 is 1.25 bits per heavy atom. The first-order valence-electron chi connectivity index (χ1n) is 5.98. The number of fused-ring (bicyclic) bond motifs is 1. The largest absolute Gasteiger partial charge is 0.334 e. The van der Waals surface area contributed by atoms with Crippen LogP contribution in [-0.2, 0) is 0 Å². The summed E-state index contributed by atoms with van der Waals surface area (Å²) in [5.41, 5.74) is 2.46. The van der Waals surface area contributed by atoms with E-state index < -0.39 is 0 Å². The molecule has 2 heterocycles. The fourth-order valence-electron chi connectivity index (χ4n) is 2.80. The van der Waals surface area contributed by atoms with Crippen molar-refractivity contribution in [2.75, 3.05) is 0 Å². The Morgan fingerprint density at radius 3 is 2.88 bits per heavy atom. The first-order chi connectivity index (χ1) is 7.86. The number of nitrogens with one attached hydrogen (secondary N) is 1. The van der Waals surface area contributed by atoms with Gasteiger partial charge in [-0.3, -0.25) is 0 Å². The monoisotopic (exact) mass is 278 g/mol. The van der Waals surface area contributed by atoms with E-state index in [4.69, 9.17) is 0 Å². The Balaban J connectivity index is 2.10. The summed E-state index contributed by atoms with van der Waals surface area (Å²) in [7, 11) is 0. The zero-order valence-electron chi connectivity index (χ0n) is 9.17. The third-order valence-electron chi connectivity index (χ3n) is 3.58. The summed E-state index contributed by atoms with van der Waals surface area (Å²) in [4.78, 5) is 7.70. The lowest BCUT2D eigenvalue weighted by molar-refractivity contribution is 0.444. The number of hydrogen-bond donors (Lipinski definition) is 1. The second-order valence-electron chi connectivity index (χ2n) is 4.59. The van der Waals surface area contributed by atoms with Crippen LogP contribution in [0.5, 0.6) is 0 Å². The molecular formula is C13H15BrN2. The molecule has 0 amide bonds. The molecule has 1 fully saturated rings. The van der Waals surface area contributed by atoms with Gasteiger partial charge in [0.2, 0.25) is 0 Å². The van der Waals surface area contributed by atoms with Crippen molar-refractivity contribution in [3.63, 3.8) is 0 Å². The molecule has 0 bridgehead atoms. The number of aromatic amines is 1. The Morgan fingerprint density at radius 2 is 2.06 bits per heavy atom. The van der Waals surface area contributed by atoms with Gasteiger partial charge < -0.3 is 4.98 Å². The van der Waals surface area contributed by atoms with E-state index >= 15 is 0 Å². The van der Waals surface area contributed by atoms with Crippen LogP contribution in [0.25, 0.3) is 11.0 Å². The molecule has 1 aliphatic rings. The molecule has 2 nitrogen and oxygen atoms in total. The quantitative estimate of drug-likeness (QED) is 0.824. The second kappa shape index (κ2) is 4.21. The molecular weight excluding hydrogens is 264 g/mol. The van der Waals surface area contributed by atoms with Gasteiger partial charge in [-0.05, 0) is 52.4 Å². The Bertz CT molecular complexity index is 498. The highest BCUT2D eigenvalue weighted by Gasteiger charge is 2.21. The van der Waals surface area contributed by atoms with Crippen LogP contribution in [0.1, 0.15) is 43.6 Å². The summed E-state index contributed by atoms with van der Waals surface area (Å²) in [6.45, 7) is 0. The maximum Gasteiger partial charge on any atom is 0.138 e. The average Bonchev–Trinajstić information content (AvgIpc) is 2.66. The smallest absolute Gasteiger partial charge is 0.138 e. The molecule has 3 rings (SSSR count). The Hall–Kier alpha value is -0.830. The number of hydrogen-bond acceptors (Lipinski definition) is 1. The summed E-state index contributed by atoms with van der Waals surface area (Å²) in [6, 6.07) is 4.20. The number of aromatic nitrogens is 2. The van der Waals surface area contributed by atoms with Crippen molar-refractivity contribution in [3.05, 3.63) is 28.5 Å². The number of pyridine rings is 1. The maximum absolute atomic E-state index is 4.37. The van der Waals surface area contributed by atoms with Crippen molar-refractivity contribution in [2.45, 2.75) is 38.0 Å². The van der Waals surface area contributed by atoms with Crippen LogP contribution in [-0.4, -0.2) is 9.97 Å². The Labute approximate surface area is 104 Å². The zero-order valence-corrected chi connectivity index (χ0v) is 10.8. The highest BCUT2D eigenvalue weighted by atomic mass is 79.9. The van der Waals surface area contributed by atoms with Crippen LogP contribution >= 0.6 is 15.9 Å². The SMILES string of the molecule is Brc1[nH]c2ncccc2c1C1CCCCC1. The van der Waals surface area contributed by atoms with Gasteiger partial charge in [-0.1, -0.05) is 19.3 Å². The van der Waals surface area contributed by atoms with E-state index in [-0.39, 0.29) is 0 Å². The number of nitrogens with zero attached hydrogens (tertiary/aromatic N) is 1. The standard InChI is InChI=1S/C13H15BrN2/c14-12-11(9-5-2-1-3-6-9)10-7-4-8-15-13(10)16-12/h4,7-9H,1-3,5-6H2,(H,15,16). The molecule has 84 valence electrons. The first-order valence-corrected chi connectivity index (χ1v) is 6.77. The molecule has 0 atom stereocenters. The zero-order chi connectivity index (χ0) is 11.0. The Kier molecular flexibility index (Phi) is 2.72. The van der Waals surface area contributed by atoms with Crippen LogP contribution in [0.3, 0.4) is 0 Å². The molecule has 0 radical (unpaired) electrons. The highest BCUT2D eigenvalue weighted by molar-refractivity contribution is 9.10. The summed E-state index contributed by atoms with van der Waals surface area (Å²) in [5, 5.41) is 1.29. The molecule has 1 aliphatic carbocycles. The summed E-state index contributed by atoms with van der Waals surface area (Å²) < 4.78 is 1.13. The lowest BCUT2D eigenvalue weighted by Crippen LogP contribution is -2.04. The minimum atomic E-state index is 0.709. The summed E-state index contributed by atoms with van der Waals surface area (Å²) in [6.07, 6.45) is 8.61.